The Labute approximate surface area is 77.6 Å². The topological polar surface area (TPSA) is 17.1 Å². The molecule has 0 N–H and O–H groups in total. The maximum Gasteiger partial charge on any atom is 0.135 e. The van der Waals surface area contributed by atoms with Crippen molar-refractivity contribution in [3.63, 3.8) is 0 Å². The summed E-state index contributed by atoms with van der Waals surface area (Å²) >= 11 is 0. The zero-order chi connectivity index (χ0) is 9.99. The molecule has 0 aromatic carbocycles. The quantitative estimate of drug-likeness (QED) is 0.616. The van der Waals surface area contributed by atoms with Crippen LogP contribution in [0.1, 0.15) is 27.2 Å². The molecule has 0 fully saturated rings. The SMILES string of the molecule is CCC(C)(C)C(=O)C[Si](C)(C)C. The van der Waals surface area contributed by atoms with Crippen LogP contribution < -0.4 is 0 Å². The van der Waals surface area contributed by atoms with Gasteiger partial charge < -0.3 is 0 Å². The molecular formula is C10H22OSi. The van der Waals surface area contributed by atoms with Crippen LogP contribution in [0.2, 0.25) is 25.7 Å². The molecule has 0 aliphatic heterocycles. The monoisotopic (exact) mass is 186 g/mol. The second-order valence-corrected chi connectivity index (χ2v) is 10.9. The summed E-state index contributed by atoms with van der Waals surface area (Å²) in [6.45, 7) is 12.9. The second-order valence-electron chi connectivity index (χ2n) is 5.40. The van der Waals surface area contributed by atoms with Crippen LogP contribution in [0.3, 0.4) is 0 Å². The van der Waals surface area contributed by atoms with Gasteiger partial charge in [-0.05, 0) is 6.42 Å². The van der Waals surface area contributed by atoms with E-state index in [0.717, 1.165) is 12.5 Å². The summed E-state index contributed by atoms with van der Waals surface area (Å²) < 4.78 is 0. The Morgan fingerprint density at radius 1 is 1.25 bits per heavy atom. The molecule has 0 amide bonds. The van der Waals surface area contributed by atoms with Gasteiger partial charge >= 0.3 is 0 Å². The van der Waals surface area contributed by atoms with Crippen molar-refractivity contribution in [2.24, 2.45) is 5.41 Å². The maximum absolute atomic E-state index is 11.7. The molecule has 72 valence electrons. The van der Waals surface area contributed by atoms with Gasteiger partial charge in [0.15, 0.2) is 0 Å². The van der Waals surface area contributed by atoms with Gasteiger partial charge in [-0.1, -0.05) is 40.4 Å². The Morgan fingerprint density at radius 3 is 1.92 bits per heavy atom. The second kappa shape index (κ2) is 3.73. The van der Waals surface area contributed by atoms with E-state index in [4.69, 9.17) is 0 Å². The smallest absolute Gasteiger partial charge is 0.135 e. The lowest BCUT2D eigenvalue weighted by atomic mass is 9.86. The van der Waals surface area contributed by atoms with E-state index in [1.807, 2.05) is 0 Å². The van der Waals surface area contributed by atoms with E-state index < -0.39 is 8.07 Å². The fourth-order valence-corrected chi connectivity index (χ4v) is 2.36. The molecule has 12 heavy (non-hydrogen) atoms. The van der Waals surface area contributed by atoms with Crippen LogP contribution in [0.25, 0.3) is 0 Å². The van der Waals surface area contributed by atoms with Crippen molar-refractivity contribution in [3.05, 3.63) is 0 Å². The van der Waals surface area contributed by atoms with E-state index in [-0.39, 0.29) is 5.41 Å². The van der Waals surface area contributed by atoms with Crippen LogP contribution in [0.4, 0.5) is 0 Å². The zero-order valence-electron chi connectivity index (χ0n) is 9.32. The minimum Gasteiger partial charge on any atom is -0.299 e. The highest BCUT2D eigenvalue weighted by molar-refractivity contribution is 6.78. The summed E-state index contributed by atoms with van der Waals surface area (Å²) in [6, 6.07) is 0.827. The third kappa shape index (κ3) is 4.05. The predicted octanol–water partition coefficient (Wildman–Crippen LogP) is 3.33. The number of hydrogen-bond donors (Lipinski definition) is 0. The number of Topliss-reactive ketones (excluding diaryl/α,β-unsaturated/α-hetero) is 1. The van der Waals surface area contributed by atoms with Crippen LogP contribution in [-0.4, -0.2) is 13.9 Å². The van der Waals surface area contributed by atoms with Crippen LogP contribution in [0, 0.1) is 5.41 Å². The average Bonchev–Trinajstić information content (AvgIpc) is 1.84. The van der Waals surface area contributed by atoms with E-state index in [1.54, 1.807) is 0 Å². The van der Waals surface area contributed by atoms with Gasteiger partial charge in [-0.15, -0.1) is 0 Å². The lowest BCUT2D eigenvalue weighted by Crippen LogP contribution is -2.32. The normalized spacial score (nSPS) is 13.2. The van der Waals surface area contributed by atoms with Crippen molar-refractivity contribution in [1.82, 2.24) is 0 Å². The largest absolute Gasteiger partial charge is 0.299 e. The van der Waals surface area contributed by atoms with Crippen molar-refractivity contribution in [2.75, 3.05) is 0 Å². The molecule has 0 aliphatic carbocycles. The van der Waals surface area contributed by atoms with Crippen LogP contribution in [0.5, 0.6) is 0 Å². The number of carbonyl (C=O) groups excluding carboxylic acids is 1. The van der Waals surface area contributed by atoms with Gasteiger partial charge in [-0.2, -0.15) is 0 Å². The highest BCUT2D eigenvalue weighted by Gasteiger charge is 2.29. The Bertz CT molecular complexity index is 165. The lowest BCUT2D eigenvalue weighted by Gasteiger charge is -2.25. The minimum atomic E-state index is -1.20. The molecule has 0 bridgehead atoms. The minimum absolute atomic E-state index is 0.0969. The molecule has 2 heteroatoms. The van der Waals surface area contributed by atoms with Gasteiger partial charge in [0.05, 0.1) is 8.07 Å². The molecule has 0 saturated heterocycles. The molecule has 0 unspecified atom stereocenters. The Morgan fingerprint density at radius 2 is 1.67 bits per heavy atom. The van der Waals surface area contributed by atoms with Gasteiger partial charge in [0.25, 0.3) is 0 Å². The lowest BCUT2D eigenvalue weighted by molar-refractivity contribution is -0.125. The highest BCUT2D eigenvalue weighted by atomic mass is 28.3. The predicted molar refractivity (Wildman–Crippen MR) is 57.2 cm³/mol. The van der Waals surface area contributed by atoms with E-state index in [9.17, 15) is 4.79 Å². The molecule has 0 radical (unpaired) electrons. The molecule has 0 aromatic heterocycles. The number of hydrogen-bond acceptors (Lipinski definition) is 1. The number of carbonyl (C=O) groups is 1. The molecule has 0 rings (SSSR count). The fraction of sp³-hybridized carbons (Fsp3) is 0.900. The third-order valence-electron chi connectivity index (χ3n) is 2.33. The Balaban J connectivity index is 4.23. The summed E-state index contributed by atoms with van der Waals surface area (Å²) in [5, 5.41) is 0. The van der Waals surface area contributed by atoms with Gasteiger partial charge in [0.2, 0.25) is 0 Å². The van der Waals surface area contributed by atoms with Crippen molar-refractivity contribution in [3.8, 4) is 0 Å². The Hall–Kier alpha value is -0.113. The molecule has 0 saturated carbocycles. The summed E-state index contributed by atoms with van der Waals surface area (Å²) in [4.78, 5) is 11.7. The van der Waals surface area contributed by atoms with Crippen LogP contribution in [-0.2, 0) is 4.79 Å². The first-order chi connectivity index (χ1) is 5.19. The van der Waals surface area contributed by atoms with Crippen molar-refractivity contribution in [1.29, 1.82) is 0 Å². The third-order valence-corrected chi connectivity index (χ3v) is 3.71. The summed E-state index contributed by atoms with van der Waals surface area (Å²) in [6.07, 6.45) is 0.955. The number of ketones is 1. The van der Waals surface area contributed by atoms with Crippen LogP contribution in [0.15, 0.2) is 0 Å². The highest BCUT2D eigenvalue weighted by Crippen LogP contribution is 2.25. The van der Waals surface area contributed by atoms with Crippen molar-refractivity contribution >= 4 is 13.9 Å². The molecule has 0 atom stereocenters. The molecular weight excluding hydrogens is 164 g/mol. The first-order valence-corrected chi connectivity index (χ1v) is 8.43. The molecule has 0 spiro atoms. The first kappa shape index (κ1) is 11.9. The summed E-state index contributed by atoms with van der Waals surface area (Å²) in [5.41, 5.74) is -0.0969. The number of rotatable bonds is 4. The molecule has 1 nitrogen and oxygen atoms in total. The summed E-state index contributed by atoms with van der Waals surface area (Å²) in [7, 11) is -1.20. The van der Waals surface area contributed by atoms with Gasteiger partial charge in [0, 0.05) is 11.5 Å². The zero-order valence-corrected chi connectivity index (χ0v) is 10.3. The first-order valence-electron chi connectivity index (χ1n) is 4.72. The molecule has 0 aromatic rings. The average molecular weight is 186 g/mol. The standard InChI is InChI=1S/C10H22OSi/c1-7-10(2,3)9(11)8-12(4,5)6/h7-8H2,1-6H3. The van der Waals surface area contributed by atoms with E-state index >= 15 is 0 Å². The van der Waals surface area contributed by atoms with E-state index in [0.29, 0.717) is 5.78 Å². The van der Waals surface area contributed by atoms with Gasteiger partial charge in [-0.25, -0.2) is 0 Å². The fourth-order valence-electron chi connectivity index (χ4n) is 0.918. The van der Waals surface area contributed by atoms with E-state index in [2.05, 4.69) is 40.4 Å². The van der Waals surface area contributed by atoms with Crippen LogP contribution >= 0.6 is 0 Å². The van der Waals surface area contributed by atoms with E-state index in [1.165, 1.54) is 0 Å². The van der Waals surface area contributed by atoms with Gasteiger partial charge in [-0.3, -0.25) is 4.79 Å². The molecule has 0 aliphatic rings. The van der Waals surface area contributed by atoms with Crippen molar-refractivity contribution in [2.45, 2.75) is 52.9 Å². The molecule has 0 heterocycles. The van der Waals surface area contributed by atoms with Crippen molar-refractivity contribution < 1.29 is 4.79 Å². The van der Waals surface area contributed by atoms with Gasteiger partial charge in [0.1, 0.15) is 5.78 Å². The maximum atomic E-state index is 11.7. The Kier molecular flexibility index (Phi) is 3.70. The summed E-state index contributed by atoms with van der Waals surface area (Å²) in [5.74, 6) is 0.448.